The van der Waals surface area contributed by atoms with Crippen molar-refractivity contribution >= 4 is 33.8 Å². The van der Waals surface area contributed by atoms with Gasteiger partial charge in [0.05, 0.1) is 24.4 Å². The predicted octanol–water partition coefficient (Wildman–Crippen LogP) is 2.85. The van der Waals surface area contributed by atoms with Gasteiger partial charge in [0.1, 0.15) is 11.8 Å². The average Bonchev–Trinajstić information content (AvgIpc) is 3.32. The van der Waals surface area contributed by atoms with E-state index >= 15 is 0 Å². The molecule has 2 unspecified atom stereocenters. The maximum Gasteiger partial charge on any atom is 0.242 e. The van der Waals surface area contributed by atoms with Gasteiger partial charge in [-0.3, -0.25) is 9.78 Å². The second-order valence-electron chi connectivity index (χ2n) is 5.88. The quantitative estimate of drug-likeness (QED) is 0.672. The van der Waals surface area contributed by atoms with E-state index in [2.05, 4.69) is 27.2 Å². The zero-order chi connectivity index (χ0) is 17.2. The fourth-order valence-corrected chi connectivity index (χ4v) is 3.79. The first-order chi connectivity index (χ1) is 12.2. The molecule has 25 heavy (non-hydrogen) atoms. The summed E-state index contributed by atoms with van der Waals surface area (Å²) in [6.45, 7) is 0. The van der Waals surface area contributed by atoms with E-state index in [0.29, 0.717) is 17.9 Å². The van der Waals surface area contributed by atoms with Gasteiger partial charge in [0.15, 0.2) is 0 Å². The van der Waals surface area contributed by atoms with Gasteiger partial charge in [-0.05, 0) is 30.0 Å². The summed E-state index contributed by atoms with van der Waals surface area (Å²) in [7, 11) is 1.61. The lowest BCUT2D eigenvalue weighted by Crippen LogP contribution is -2.39. The number of pyridine rings is 1. The number of methoxy groups -OCH3 is 1. The molecule has 1 aromatic carbocycles. The molecule has 7 heteroatoms. The second-order valence-corrected chi connectivity index (χ2v) is 6.86. The first-order valence-electron chi connectivity index (χ1n) is 8.02. The van der Waals surface area contributed by atoms with Crippen molar-refractivity contribution in [3.05, 3.63) is 52.9 Å². The first-order valence-corrected chi connectivity index (χ1v) is 8.90. The van der Waals surface area contributed by atoms with Gasteiger partial charge in [0.25, 0.3) is 0 Å². The molecule has 0 spiro atoms. The summed E-state index contributed by atoms with van der Waals surface area (Å²) in [5, 5.41) is 5.95. The molecule has 2 aromatic heterocycles. The fraction of sp³-hybridized carbons (Fsp3) is 0.222. The summed E-state index contributed by atoms with van der Waals surface area (Å²) in [6, 6.07) is 11.4. The average molecular weight is 354 g/mol. The third kappa shape index (κ3) is 3.21. The lowest BCUT2D eigenvalue weighted by Gasteiger charge is -2.13. The highest BCUT2D eigenvalue weighted by Crippen LogP contribution is 2.29. The number of carbonyl (C=O) groups excluding carboxylic acids is 1. The predicted molar refractivity (Wildman–Crippen MR) is 98.7 cm³/mol. The molecule has 1 saturated heterocycles. The van der Waals surface area contributed by atoms with E-state index in [9.17, 15) is 4.79 Å². The van der Waals surface area contributed by atoms with Crippen LogP contribution in [0.2, 0.25) is 0 Å². The lowest BCUT2D eigenvalue weighted by molar-refractivity contribution is -0.117. The molecule has 1 amide bonds. The number of ether oxygens (including phenoxy) is 1. The lowest BCUT2D eigenvalue weighted by atomic mass is 10.1. The SMILES string of the molecule is COc1cc(NC(=O)C2CC(c3cccs3)NN2)c2ncccc2c1. The largest absolute Gasteiger partial charge is 0.497 e. The van der Waals surface area contributed by atoms with Crippen LogP contribution in [0.4, 0.5) is 5.69 Å². The van der Waals surface area contributed by atoms with Crippen LogP contribution in [0.5, 0.6) is 5.75 Å². The van der Waals surface area contributed by atoms with Crippen LogP contribution in [-0.4, -0.2) is 24.0 Å². The first kappa shape index (κ1) is 16.0. The van der Waals surface area contributed by atoms with Crippen molar-refractivity contribution in [2.24, 2.45) is 0 Å². The van der Waals surface area contributed by atoms with E-state index in [1.807, 2.05) is 29.6 Å². The van der Waals surface area contributed by atoms with E-state index in [1.54, 1.807) is 30.7 Å². The molecule has 3 N–H and O–H groups in total. The number of nitrogens with zero attached hydrogens (tertiary/aromatic N) is 1. The maximum atomic E-state index is 12.7. The van der Waals surface area contributed by atoms with Crippen LogP contribution in [-0.2, 0) is 4.79 Å². The van der Waals surface area contributed by atoms with Crippen LogP contribution in [0.3, 0.4) is 0 Å². The topological polar surface area (TPSA) is 75.3 Å². The maximum absolute atomic E-state index is 12.7. The van der Waals surface area contributed by atoms with Crippen molar-refractivity contribution in [2.75, 3.05) is 12.4 Å². The summed E-state index contributed by atoms with van der Waals surface area (Å²) in [5.41, 5.74) is 7.68. The van der Waals surface area contributed by atoms with Gasteiger partial charge in [0, 0.05) is 22.5 Å². The highest BCUT2D eigenvalue weighted by atomic mass is 32.1. The number of hydrazine groups is 1. The normalized spacial score (nSPS) is 19.9. The minimum atomic E-state index is -0.308. The van der Waals surface area contributed by atoms with Crippen molar-refractivity contribution in [1.82, 2.24) is 15.8 Å². The number of carbonyl (C=O) groups is 1. The molecule has 0 saturated carbocycles. The molecule has 2 atom stereocenters. The molecule has 128 valence electrons. The Hall–Kier alpha value is -2.48. The zero-order valence-electron chi connectivity index (χ0n) is 13.7. The van der Waals surface area contributed by atoms with E-state index in [-0.39, 0.29) is 18.0 Å². The number of fused-ring (bicyclic) bond motifs is 1. The van der Waals surface area contributed by atoms with Crippen LogP contribution in [0.15, 0.2) is 48.0 Å². The molecule has 6 nitrogen and oxygen atoms in total. The number of rotatable bonds is 4. The second kappa shape index (κ2) is 6.79. The number of anilines is 1. The van der Waals surface area contributed by atoms with Crippen LogP contribution in [0, 0.1) is 0 Å². The Bertz CT molecular complexity index is 897. The van der Waals surface area contributed by atoms with E-state index in [0.717, 1.165) is 10.9 Å². The molecule has 0 bridgehead atoms. The van der Waals surface area contributed by atoms with Crippen molar-refractivity contribution in [3.8, 4) is 5.75 Å². The number of nitrogens with one attached hydrogen (secondary N) is 3. The van der Waals surface area contributed by atoms with Crippen LogP contribution in [0.1, 0.15) is 17.3 Å². The summed E-state index contributed by atoms with van der Waals surface area (Å²) >= 11 is 1.68. The molecule has 1 aliphatic rings. The van der Waals surface area contributed by atoms with Crippen molar-refractivity contribution in [3.63, 3.8) is 0 Å². The molecule has 3 heterocycles. The van der Waals surface area contributed by atoms with Crippen molar-refractivity contribution in [2.45, 2.75) is 18.5 Å². The van der Waals surface area contributed by atoms with Gasteiger partial charge in [0.2, 0.25) is 5.91 Å². The molecule has 0 aliphatic carbocycles. The standard InChI is InChI=1S/C18H18N4O2S/c1-24-12-8-11-4-2-6-19-17(11)14(9-12)20-18(23)15-10-13(21-22-15)16-5-3-7-25-16/h2-9,13,15,21-22H,10H2,1H3,(H,20,23). The molecule has 3 aromatic rings. The van der Waals surface area contributed by atoms with Gasteiger partial charge in [-0.25, -0.2) is 10.9 Å². The number of hydrogen-bond acceptors (Lipinski definition) is 6. The minimum absolute atomic E-state index is 0.0910. The Balaban J connectivity index is 1.54. The zero-order valence-corrected chi connectivity index (χ0v) is 14.5. The highest BCUT2D eigenvalue weighted by Gasteiger charge is 2.31. The third-order valence-electron chi connectivity index (χ3n) is 4.28. The van der Waals surface area contributed by atoms with Gasteiger partial charge in [-0.15, -0.1) is 11.3 Å². The number of aromatic nitrogens is 1. The molecular formula is C18H18N4O2S. The summed E-state index contributed by atoms with van der Waals surface area (Å²) < 4.78 is 5.33. The fourth-order valence-electron chi connectivity index (χ4n) is 3.00. The van der Waals surface area contributed by atoms with E-state index in [1.165, 1.54) is 4.88 Å². The van der Waals surface area contributed by atoms with Crippen LogP contribution >= 0.6 is 11.3 Å². The van der Waals surface area contributed by atoms with Gasteiger partial charge in [-0.1, -0.05) is 12.1 Å². The van der Waals surface area contributed by atoms with Crippen molar-refractivity contribution < 1.29 is 9.53 Å². The molecule has 4 rings (SSSR count). The summed E-state index contributed by atoms with van der Waals surface area (Å²) in [5.74, 6) is 0.594. The molecule has 0 radical (unpaired) electrons. The molecule has 1 fully saturated rings. The smallest absolute Gasteiger partial charge is 0.242 e. The Labute approximate surface area is 149 Å². The van der Waals surface area contributed by atoms with Crippen LogP contribution in [0.25, 0.3) is 10.9 Å². The van der Waals surface area contributed by atoms with Crippen molar-refractivity contribution in [1.29, 1.82) is 0 Å². The minimum Gasteiger partial charge on any atom is -0.497 e. The van der Waals surface area contributed by atoms with Gasteiger partial charge >= 0.3 is 0 Å². The third-order valence-corrected chi connectivity index (χ3v) is 5.26. The number of amides is 1. The summed E-state index contributed by atoms with van der Waals surface area (Å²) in [4.78, 5) is 18.3. The monoisotopic (exact) mass is 354 g/mol. The van der Waals surface area contributed by atoms with Crippen LogP contribution < -0.4 is 20.9 Å². The number of thiophene rings is 1. The number of hydrogen-bond donors (Lipinski definition) is 3. The molecule has 1 aliphatic heterocycles. The van der Waals surface area contributed by atoms with Gasteiger partial charge < -0.3 is 10.1 Å². The van der Waals surface area contributed by atoms with E-state index < -0.39 is 0 Å². The Kier molecular flexibility index (Phi) is 4.35. The Morgan fingerprint density at radius 3 is 3.04 bits per heavy atom. The highest BCUT2D eigenvalue weighted by molar-refractivity contribution is 7.10. The van der Waals surface area contributed by atoms with Gasteiger partial charge in [-0.2, -0.15) is 0 Å². The molecular weight excluding hydrogens is 336 g/mol. The van der Waals surface area contributed by atoms with E-state index in [4.69, 9.17) is 4.74 Å². The Morgan fingerprint density at radius 1 is 1.32 bits per heavy atom. The summed E-state index contributed by atoms with van der Waals surface area (Å²) in [6.07, 6.45) is 2.41. The number of benzene rings is 1. The Morgan fingerprint density at radius 2 is 2.24 bits per heavy atom.